The molecule has 25 heavy (non-hydrogen) atoms. The molecule has 1 aromatic heterocycles. The Morgan fingerprint density at radius 2 is 2.04 bits per heavy atom. The van der Waals surface area contributed by atoms with Crippen LogP contribution in [-0.4, -0.2) is 35.1 Å². The van der Waals surface area contributed by atoms with Crippen molar-refractivity contribution in [3.63, 3.8) is 0 Å². The maximum absolute atomic E-state index is 12.9. The molecule has 3 nitrogen and oxygen atoms in total. The lowest BCUT2D eigenvalue weighted by Gasteiger charge is -2.20. The second kappa shape index (κ2) is 8.98. The molecule has 9 heteroatoms. The first-order chi connectivity index (χ1) is 11.6. The molecule has 0 unspecified atom stereocenters. The van der Waals surface area contributed by atoms with Gasteiger partial charge in [0.15, 0.2) is 0 Å². The van der Waals surface area contributed by atoms with Crippen LogP contribution >= 0.6 is 11.8 Å². The normalized spacial score (nSPS) is 13.7. The lowest BCUT2D eigenvalue weighted by molar-refractivity contribution is -0.278. The van der Waals surface area contributed by atoms with E-state index >= 15 is 0 Å². The molecule has 0 fully saturated rings. The summed E-state index contributed by atoms with van der Waals surface area (Å²) >= 11 is 1.54. The molecule has 0 saturated heterocycles. The van der Waals surface area contributed by atoms with Crippen LogP contribution in [0.1, 0.15) is 19.5 Å². The van der Waals surface area contributed by atoms with E-state index < -0.39 is 18.6 Å². The van der Waals surface area contributed by atoms with Crippen molar-refractivity contribution in [2.45, 2.75) is 30.8 Å². The van der Waals surface area contributed by atoms with Gasteiger partial charge in [0.2, 0.25) is 0 Å². The molecule has 0 aliphatic heterocycles. The monoisotopic (exact) mass is 379 g/mol. The summed E-state index contributed by atoms with van der Waals surface area (Å²) in [5.41, 5.74) is 1.01. The van der Waals surface area contributed by atoms with Crippen molar-refractivity contribution in [2.24, 2.45) is 4.99 Å². The number of aliphatic imine (C=N–C) groups is 1. The second-order valence-corrected chi connectivity index (χ2v) is 6.18. The number of nitrogens with zero attached hydrogens (tertiary/aromatic N) is 2. The summed E-state index contributed by atoms with van der Waals surface area (Å²) in [4.78, 5) is 9.18. The van der Waals surface area contributed by atoms with Crippen LogP contribution in [0.3, 0.4) is 0 Å². The van der Waals surface area contributed by atoms with Gasteiger partial charge in [0.25, 0.3) is 0 Å². The van der Waals surface area contributed by atoms with Crippen molar-refractivity contribution in [1.82, 2.24) is 10.3 Å². The summed E-state index contributed by atoms with van der Waals surface area (Å²) in [5.74, 6) is -4.01. The van der Waals surface area contributed by atoms with E-state index in [1.807, 2.05) is 18.3 Å². The summed E-state index contributed by atoms with van der Waals surface area (Å²) in [6.45, 7) is 5.40. The number of thioether (sulfide) groups is 1. The van der Waals surface area contributed by atoms with E-state index in [-0.39, 0.29) is 5.70 Å². The van der Waals surface area contributed by atoms with E-state index in [0.717, 1.165) is 10.6 Å². The van der Waals surface area contributed by atoms with Crippen LogP contribution in [-0.2, 0) is 0 Å². The molecule has 0 saturated carbocycles. The van der Waals surface area contributed by atoms with Crippen LogP contribution in [0.15, 0.2) is 52.8 Å². The lowest BCUT2D eigenvalue weighted by Crippen LogP contribution is -2.44. The van der Waals surface area contributed by atoms with Crippen molar-refractivity contribution < 1.29 is 22.0 Å². The summed E-state index contributed by atoms with van der Waals surface area (Å²) in [6.07, 6.45) is -1.42. The highest BCUT2D eigenvalue weighted by molar-refractivity contribution is 7.99. The number of hydrogen-bond acceptors (Lipinski definition) is 4. The van der Waals surface area contributed by atoms with Crippen LogP contribution in [0.5, 0.6) is 0 Å². The molecule has 1 aromatic rings. The van der Waals surface area contributed by atoms with E-state index in [9.17, 15) is 22.0 Å². The zero-order chi connectivity index (χ0) is 19.1. The Morgan fingerprint density at radius 1 is 1.36 bits per heavy atom. The predicted octanol–water partition coefficient (Wildman–Crippen LogP) is 4.82. The molecule has 0 atom stereocenters. The molecule has 0 radical (unpaired) electrons. The van der Waals surface area contributed by atoms with Gasteiger partial charge in [-0.25, -0.2) is 0 Å². The molecule has 1 N–H and O–H groups in total. The van der Waals surface area contributed by atoms with Crippen molar-refractivity contribution >= 4 is 17.5 Å². The number of nitrogens with one attached hydrogen (secondary N) is 1. The molecule has 1 rings (SSSR count). The minimum Gasteiger partial charge on any atom is -0.381 e. The maximum atomic E-state index is 12.9. The zero-order valence-corrected chi connectivity index (χ0v) is 14.5. The molecular formula is C16H18F5N3S. The first-order valence-corrected chi connectivity index (χ1v) is 8.24. The first-order valence-electron chi connectivity index (χ1n) is 7.26. The fourth-order valence-corrected chi connectivity index (χ4v) is 2.41. The number of hydrogen-bond donors (Lipinski definition) is 1. The first kappa shape index (κ1) is 21.1. The Hall–Kier alpha value is -1.90. The molecule has 0 spiro atoms. The Morgan fingerprint density at radius 3 is 2.60 bits per heavy atom. The van der Waals surface area contributed by atoms with Gasteiger partial charge >= 0.3 is 12.1 Å². The van der Waals surface area contributed by atoms with Crippen LogP contribution in [0.25, 0.3) is 0 Å². The van der Waals surface area contributed by atoms with Gasteiger partial charge in [0.1, 0.15) is 5.69 Å². The van der Waals surface area contributed by atoms with Crippen molar-refractivity contribution in [2.75, 3.05) is 12.3 Å². The molecule has 0 aromatic carbocycles. The highest BCUT2D eigenvalue weighted by Gasteiger charge is 2.57. The minimum absolute atomic E-state index is 0.0592. The standard InChI is InChI=1S/C16H18F5N3S/c1-4-12(14-13(25-5-2)7-6-8-22-14)23-9-11(3)24-10-15(17,18)16(19,20)21/h4,6-9,24H,1,5,10H2,2-3H3/b11-9+,23-12?. The van der Waals surface area contributed by atoms with E-state index in [1.54, 1.807) is 24.0 Å². The van der Waals surface area contributed by atoms with Gasteiger partial charge in [-0.2, -0.15) is 22.0 Å². The molecule has 0 aliphatic rings. The van der Waals surface area contributed by atoms with Crippen LogP contribution in [0, 0.1) is 0 Å². The largest absolute Gasteiger partial charge is 0.455 e. The third-order valence-corrected chi connectivity index (χ3v) is 3.84. The number of halogens is 5. The molecule has 0 amide bonds. The molecule has 0 aliphatic carbocycles. The second-order valence-electron chi connectivity index (χ2n) is 4.87. The number of allylic oxidation sites excluding steroid dienone is 2. The van der Waals surface area contributed by atoms with Crippen molar-refractivity contribution in [3.05, 3.63) is 48.6 Å². The third-order valence-electron chi connectivity index (χ3n) is 2.91. The van der Waals surface area contributed by atoms with E-state index in [0.29, 0.717) is 11.4 Å². The van der Waals surface area contributed by atoms with Gasteiger partial charge in [-0.05, 0) is 30.9 Å². The third kappa shape index (κ3) is 6.15. The van der Waals surface area contributed by atoms with Gasteiger partial charge in [-0.3, -0.25) is 9.98 Å². The fourth-order valence-electron chi connectivity index (χ4n) is 1.63. The van der Waals surface area contributed by atoms with E-state index in [1.165, 1.54) is 19.2 Å². The summed E-state index contributed by atoms with van der Waals surface area (Å²) in [7, 11) is 0. The Kier molecular flexibility index (Phi) is 7.60. The topological polar surface area (TPSA) is 37.3 Å². The zero-order valence-electron chi connectivity index (χ0n) is 13.7. The number of pyridine rings is 1. The minimum atomic E-state index is -5.60. The average molecular weight is 379 g/mol. The van der Waals surface area contributed by atoms with Gasteiger partial charge < -0.3 is 5.32 Å². The number of alkyl halides is 5. The van der Waals surface area contributed by atoms with E-state index in [4.69, 9.17) is 0 Å². The van der Waals surface area contributed by atoms with Crippen LogP contribution in [0.4, 0.5) is 22.0 Å². The van der Waals surface area contributed by atoms with Crippen LogP contribution < -0.4 is 5.32 Å². The smallest absolute Gasteiger partial charge is 0.381 e. The summed E-state index contributed by atoms with van der Waals surface area (Å²) in [6, 6.07) is 3.62. The molecule has 1 heterocycles. The molecular weight excluding hydrogens is 361 g/mol. The predicted molar refractivity (Wildman–Crippen MR) is 90.1 cm³/mol. The Labute approximate surface area is 147 Å². The SMILES string of the molecule is C=CC(=N/C=C(\C)NCC(F)(F)C(F)(F)F)c1ncccc1SCC. The van der Waals surface area contributed by atoms with Crippen LogP contribution in [0.2, 0.25) is 0 Å². The van der Waals surface area contributed by atoms with Gasteiger partial charge in [-0.1, -0.05) is 13.5 Å². The molecule has 0 bridgehead atoms. The van der Waals surface area contributed by atoms with Gasteiger partial charge in [-0.15, -0.1) is 11.8 Å². The summed E-state index contributed by atoms with van der Waals surface area (Å²) in [5, 5.41) is 2.02. The van der Waals surface area contributed by atoms with Crippen molar-refractivity contribution in [1.29, 1.82) is 0 Å². The number of rotatable bonds is 8. The fraction of sp³-hybridized carbons (Fsp3) is 0.375. The summed E-state index contributed by atoms with van der Waals surface area (Å²) < 4.78 is 62.1. The maximum Gasteiger partial charge on any atom is 0.455 e. The van der Waals surface area contributed by atoms with Crippen molar-refractivity contribution in [3.8, 4) is 0 Å². The van der Waals surface area contributed by atoms with Gasteiger partial charge in [0, 0.05) is 23.0 Å². The Bertz CT molecular complexity index is 653. The number of aromatic nitrogens is 1. The van der Waals surface area contributed by atoms with E-state index in [2.05, 4.69) is 16.6 Å². The Balaban J connectivity index is 2.93. The average Bonchev–Trinajstić information content (AvgIpc) is 2.54. The highest BCUT2D eigenvalue weighted by Crippen LogP contribution is 2.34. The van der Waals surface area contributed by atoms with Gasteiger partial charge in [0.05, 0.1) is 12.3 Å². The quantitative estimate of drug-likeness (QED) is 0.400. The lowest BCUT2D eigenvalue weighted by atomic mass is 10.2. The highest BCUT2D eigenvalue weighted by atomic mass is 32.2. The molecule has 138 valence electrons.